The number of amides is 1. The van der Waals surface area contributed by atoms with Gasteiger partial charge in [-0.25, -0.2) is 8.42 Å². The first kappa shape index (κ1) is 26.5. The van der Waals surface area contributed by atoms with E-state index in [1.54, 1.807) is 30.3 Å². The van der Waals surface area contributed by atoms with E-state index in [1.807, 2.05) is 54.6 Å². The van der Waals surface area contributed by atoms with Crippen LogP contribution >= 0.6 is 0 Å². The van der Waals surface area contributed by atoms with E-state index in [4.69, 9.17) is 9.47 Å². The lowest BCUT2D eigenvalue weighted by Crippen LogP contribution is -2.57. The highest BCUT2D eigenvalue weighted by molar-refractivity contribution is 7.89. The Bertz CT molecular complexity index is 1320. The van der Waals surface area contributed by atoms with Gasteiger partial charge in [-0.2, -0.15) is 4.31 Å². The van der Waals surface area contributed by atoms with Crippen molar-refractivity contribution in [2.24, 2.45) is 0 Å². The van der Waals surface area contributed by atoms with Crippen molar-refractivity contribution in [1.82, 2.24) is 4.31 Å². The summed E-state index contributed by atoms with van der Waals surface area (Å²) < 4.78 is 40.2. The van der Waals surface area contributed by atoms with Crippen molar-refractivity contribution in [3.63, 3.8) is 0 Å². The Hall–Kier alpha value is -3.08. The van der Waals surface area contributed by atoms with E-state index < -0.39 is 28.3 Å². The largest absolute Gasteiger partial charge is 0.389 e. The van der Waals surface area contributed by atoms with Crippen LogP contribution in [0.3, 0.4) is 0 Å². The maximum atomic E-state index is 13.5. The van der Waals surface area contributed by atoms with E-state index in [1.165, 1.54) is 4.31 Å². The summed E-state index contributed by atoms with van der Waals surface area (Å²) in [6, 6.07) is 25.4. The fourth-order valence-corrected chi connectivity index (χ4v) is 6.83. The third kappa shape index (κ3) is 6.14. The molecule has 2 heterocycles. The van der Waals surface area contributed by atoms with Crippen LogP contribution in [0.2, 0.25) is 0 Å². The minimum absolute atomic E-state index is 0.0114. The van der Waals surface area contributed by atoms with Crippen molar-refractivity contribution in [2.45, 2.75) is 48.5 Å². The van der Waals surface area contributed by atoms with Crippen LogP contribution in [0.5, 0.6) is 0 Å². The van der Waals surface area contributed by atoms with Crippen molar-refractivity contribution in [3.8, 4) is 11.1 Å². The summed E-state index contributed by atoms with van der Waals surface area (Å²) in [5.74, 6) is -0.170. The number of aliphatic hydroxyl groups excluding tert-OH is 1. The molecule has 0 aliphatic carbocycles. The number of nitrogens with zero attached hydrogens (tertiary/aromatic N) is 1. The first-order chi connectivity index (χ1) is 18.4. The van der Waals surface area contributed by atoms with Crippen molar-refractivity contribution in [3.05, 3.63) is 84.9 Å². The topological polar surface area (TPSA) is 105 Å². The molecule has 0 unspecified atom stereocenters. The van der Waals surface area contributed by atoms with E-state index in [0.717, 1.165) is 11.1 Å². The van der Waals surface area contributed by atoms with Gasteiger partial charge < -0.3 is 19.9 Å². The number of ether oxygens (including phenoxy) is 2. The summed E-state index contributed by atoms with van der Waals surface area (Å²) >= 11 is 0. The van der Waals surface area contributed by atoms with Crippen LogP contribution in [-0.4, -0.2) is 67.8 Å². The summed E-state index contributed by atoms with van der Waals surface area (Å²) in [4.78, 5) is 13.0. The number of aliphatic hydroxyl groups is 1. The second kappa shape index (κ2) is 11.8. The molecule has 2 fully saturated rings. The predicted octanol–water partition coefficient (Wildman–Crippen LogP) is 3.68. The Morgan fingerprint density at radius 1 is 0.895 bits per heavy atom. The van der Waals surface area contributed by atoms with Gasteiger partial charge in [0.05, 0.1) is 48.9 Å². The van der Waals surface area contributed by atoms with E-state index in [9.17, 15) is 18.3 Å². The Morgan fingerprint density at radius 3 is 2.26 bits per heavy atom. The Morgan fingerprint density at radius 2 is 1.55 bits per heavy atom. The molecule has 3 aromatic rings. The lowest BCUT2D eigenvalue weighted by molar-refractivity contribution is -0.144. The molecule has 38 heavy (non-hydrogen) atoms. The highest BCUT2D eigenvalue weighted by Gasteiger charge is 2.43. The molecule has 5 rings (SSSR count). The summed E-state index contributed by atoms with van der Waals surface area (Å²) in [6.45, 7) is 0.0744. The highest BCUT2D eigenvalue weighted by Crippen LogP contribution is 2.31. The molecule has 0 aromatic heterocycles. The summed E-state index contributed by atoms with van der Waals surface area (Å²) in [7, 11) is -3.85. The summed E-state index contributed by atoms with van der Waals surface area (Å²) in [5.41, 5.74) is 2.87. The molecular weight excluding hydrogens is 504 g/mol. The van der Waals surface area contributed by atoms with Crippen LogP contribution in [0.1, 0.15) is 19.3 Å². The second-order valence-electron chi connectivity index (χ2n) is 9.72. The SMILES string of the molecule is O=C(C[C@@H]1CC[C@@H]2[C@H](COC[C@@H](O)CN2S(=O)(=O)c2ccccc2)O1)Nc1ccc(-c2ccccc2)cc1. The molecule has 0 radical (unpaired) electrons. The maximum absolute atomic E-state index is 13.5. The molecule has 3 aromatic carbocycles. The van der Waals surface area contributed by atoms with Crippen LogP contribution in [0, 0.1) is 0 Å². The van der Waals surface area contributed by atoms with Gasteiger partial charge in [0.15, 0.2) is 0 Å². The van der Waals surface area contributed by atoms with Crippen LogP contribution in [0.15, 0.2) is 89.8 Å². The first-order valence-corrected chi connectivity index (χ1v) is 14.3. The number of β-amino-alcohol motifs (C(OH)–C–C–N with tert-alkyl or cyclic N) is 1. The lowest BCUT2D eigenvalue weighted by Gasteiger charge is -2.43. The number of anilines is 1. The normalized spacial score (nSPS) is 24.6. The second-order valence-corrected chi connectivity index (χ2v) is 11.6. The third-order valence-corrected chi connectivity index (χ3v) is 8.88. The first-order valence-electron chi connectivity index (χ1n) is 12.8. The molecule has 1 amide bonds. The number of benzene rings is 3. The van der Waals surface area contributed by atoms with Gasteiger partial charge in [0.25, 0.3) is 0 Å². The van der Waals surface area contributed by atoms with Gasteiger partial charge in [0, 0.05) is 12.2 Å². The molecule has 200 valence electrons. The number of carbonyl (C=O) groups is 1. The number of hydrogen-bond acceptors (Lipinski definition) is 6. The highest BCUT2D eigenvalue weighted by atomic mass is 32.2. The van der Waals surface area contributed by atoms with Gasteiger partial charge in [0.2, 0.25) is 15.9 Å². The maximum Gasteiger partial charge on any atom is 0.243 e. The van der Waals surface area contributed by atoms with Gasteiger partial charge in [-0.3, -0.25) is 4.79 Å². The van der Waals surface area contributed by atoms with Crippen molar-refractivity contribution < 1.29 is 27.8 Å². The number of hydrogen-bond donors (Lipinski definition) is 2. The van der Waals surface area contributed by atoms with Gasteiger partial charge >= 0.3 is 0 Å². The van der Waals surface area contributed by atoms with Gasteiger partial charge in [-0.1, -0.05) is 60.7 Å². The molecule has 0 saturated carbocycles. The molecule has 0 spiro atoms. The standard InChI is InChI=1S/C29H32N2O6S/c32-24-18-31(38(34,35)26-9-5-2-6-10-26)27-16-15-25(37-28(27)20-36-19-24)17-29(33)30-23-13-11-22(12-14-23)21-7-3-1-4-8-21/h1-14,24-25,27-28,32H,15-20H2,(H,30,33)/t24-,25-,27+,28-/m0/s1. The van der Waals surface area contributed by atoms with Gasteiger partial charge in [-0.15, -0.1) is 0 Å². The van der Waals surface area contributed by atoms with E-state index in [-0.39, 0.29) is 43.1 Å². The predicted molar refractivity (Wildman–Crippen MR) is 144 cm³/mol. The third-order valence-electron chi connectivity index (χ3n) is 6.97. The number of sulfonamides is 1. The molecule has 0 bridgehead atoms. The molecule has 2 saturated heterocycles. The molecule has 2 aliphatic heterocycles. The van der Waals surface area contributed by atoms with E-state index in [0.29, 0.717) is 18.5 Å². The van der Waals surface area contributed by atoms with E-state index in [2.05, 4.69) is 5.32 Å². The zero-order chi connectivity index (χ0) is 26.5. The summed E-state index contributed by atoms with van der Waals surface area (Å²) in [6.07, 6.45) is -0.690. The minimum atomic E-state index is -3.85. The monoisotopic (exact) mass is 536 g/mol. The average molecular weight is 537 g/mol. The fourth-order valence-electron chi connectivity index (χ4n) is 5.09. The van der Waals surface area contributed by atoms with Gasteiger partial charge in [-0.05, 0) is 48.2 Å². The van der Waals surface area contributed by atoms with Crippen LogP contribution in [-0.2, 0) is 24.3 Å². The molecule has 2 aliphatic rings. The lowest BCUT2D eigenvalue weighted by atomic mass is 9.96. The fraction of sp³-hybridized carbons (Fsp3) is 0.345. The Labute approximate surface area is 223 Å². The Kier molecular flexibility index (Phi) is 8.21. The number of carbonyl (C=O) groups excluding carboxylic acids is 1. The van der Waals surface area contributed by atoms with Crippen LogP contribution in [0.4, 0.5) is 5.69 Å². The minimum Gasteiger partial charge on any atom is -0.389 e. The van der Waals surface area contributed by atoms with Gasteiger partial charge in [0.1, 0.15) is 0 Å². The van der Waals surface area contributed by atoms with Crippen LogP contribution in [0.25, 0.3) is 11.1 Å². The molecule has 9 heteroatoms. The van der Waals surface area contributed by atoms with Crippen molar-refractivity contribution in [1.29, 1.82) is 0 Å². The average Bonchev–Trinajstić information content (AvgIpc) is 2.92. The number of fused-ring (bicyclic) bond motifs is 1. The zero-order valence-corrected chi connectivity index (χ0v) is 21.8. The van der Waals surface area contributed by atoms with E-state index >= 15 is 0 Å². The summed E-state index contributed by atoms with van der Waals surface area (Å²) in [5, 5.41) is 13.3. The zero-order valence-electron chi connectivity index (χ0n) is 21.0. The number of rotatable bonds is 6. The smallest absolute Gasteiger partial charge is 0.243 e. The number of nitrogens with one attached hydrogen (secondary N) is 1. The van der Waals surface area contributed by atoms with Crippen LogP contribution < -0.4 is 5.32 Å². The Balaban J connectivity index is 1.23. The quantitative estimate of drug-likeness (QED) is 0.498. The molecular formula is C29H32N2O6S. The molecule has 4 atom stereocenters. The molecule has 2 N–H and O–H groups in total. The van der Waals surface area contributed by atoms with Crippen molar-refractivity contribution in [2.75, 3.05) is 25.1 Å². The molecule has 8 nitrogen and oxygen atoms in total. The van der Waals surface area contributed by atoms with Crippen molar-refractivity contribution >= 4 is 21.6 Å².